The summed E-state index contributed by atoms with van der Waals surface area (Å²) in [6, 6.07) is 7.89. The normalized spacial score (nSPS) is 19.0. The molecule has 2 atom stereocenters. The van der Waals surface area contributed by atoms with Crippen LogP contribution in [0.3, 0.4) is 0 Å². The van der Waals surface area contributed by atoms with Crippen molar-refractivity contribution in [2.24, 2.45) is 4.99 Å². The standard InChI is InChI=1S/C19H31N3O3/c1-3-20-19(21-9-5-10-25-17-8-11-24-14-17)22-13-18(23)16-7-4-6-15(2)12-16/h4,6-7,12,17-18,23H,3,5,8-11,13-14H2,1-2H3,(H2,20,21,22). The van der Waals surface area contributed by atoms with Crippen LogP contribution < -0.4 is 10.6 Å². The Morgan fingerprint density at radius 2 is 2.32 bits per heavy atom. The first-order chi connectivity index (χ1) is 12.2. The van der Waals surface area contributed by atoms with Crippen LogP contribution in [-0.2, 0) is 9.47 Å². The largest absolute Gasteiger partial charge is 0.386 e. The van der Waals surface area contributed by atoms with E-state index >= 15 is 0 Å². The van der Waals surface area contributed by atoms with E-state index in [0.29, 0.717) is 19.8 Å². The lowest BCUT2D eigenvalue weighted by molar-refractivity contribution is 0.0420. The highest BCUT2D eigenvalue weighted by Gasteiger charge is 2.15. The Balaban J connectivity index is 1.71. The Morgan fingerprint density at radius 3 is 3.04 bits per heavy atom. The van der Waals surface area contributed by atoms with Gasteiger partial charge < -0.3 is 25.2 Å². The van der Waals surface area contributed by atoms with Gasteiger partial charge in [0.1, 0.15) is 0 Å². The maximum atomic E-state index is 10.3. The predicted molar refractivity (Wildman–Crippen MR) is 99.9 cm³/mol. The van der Waals surface area contributed by atoms with Crippen LogP contribution in [0.2, 0.25) is 0 Å². The molecule has 6 nitrogen and oxygen atoms in total. The molecule has 0 aliphatic carbocycles. The number of rotatable bonds is 9. The Bertz CT molecular complexity index is 530. The number of nitrogens with one attached hydrogen (secondary N) is 2. The van der Waals surface area contributed by atoms with E-state index in [-0.39, 0.29) is 6.10 Å². The first-order valence-corrected chi connectivity index (χ1v) is 9.15. The summed E-state index contributed by atoms with van der Waals surface area (Å²) in [6.07, 6.45) is 1.56. The van der Waals surface area contributed by atoms with Crippen LogP contribution in [0.1, 0.15) is 37.0 Å². The lowest BCUT2D eigenvalue weighted by atomic mass is 10.1. The molecule has 0 aromatic heterocycles. The molecule has 2 rings (SSSR count). The highest BCUT2D eigenvalue weighted by molar-refractivity contribution is 5.79. The first-order valence-electron chi connectivity index (χ1n) is 9.15. The van der Waals surface area contributed by atoms with E-state index in [1.165, 1.54) is 0 Å². The second kappa shape index (κ2) is 11.1. The molecule has 0 amide bonds. The summed E-state index contributed by atoms with van der Waals surface area (Å²) < 4.78 is 11.0. The van der Waals surface area contributed by atoms with Crippen molar-refractivity contribution in [3.63, 3.8) is 0 Å². The van der Waals surface area contributed by atoms with Crippen molar-refractivity contribution < 1.29 is 14.6 Å². The molecule has 1 heterocycles. The van der Waals surface area contributed by atoms with Crippen molar-refractivity contribution in [2.75, 3.05) is 39.5 Å². The number of aryl methyl sites for hydroxylation is 1. The van der Waals surface area contributed by atoms with Gasteiger partial charge in [0.25, 0.3) is 0 Å². The van der Waals surface area contributed by atoms with Gasteiger partial charge in [-0.1, -0.05) is 29.8 Å². The minimum Gasteiger partial charge on any atom is -0.386 e. The zero-order valence-electron chi connectivity index (χ0n) is 15.3. The molecule has 1 aliphatic heterocycles. The smallest absolute Gasteiger partial charge is 0.191 e. The Labute approximate surface area is 150 Å². The fraction of sp³-hybridized carbons (Fsp3) is 0.632. The number of aliphatic hydroxyl groups excluding tert-OH is 1. The number of guanidine groups is 1. The van der Waals surface area contributed by atoms with Crippen LogP contribution in [0.25, 0.3) is 0 Å². The molecule has 1 fully saturated rings. The summed E-state index contributed by atoms with van der Waals surface area (Å²) in [6.45, 7) is 8.17. The number of nitrogens with zero attached hydrogens (tertiary/aromatic N) is 1. The average Bonchev–Trinajstić information content (AvgIpc) is 3.12. The van der Waals surface area contributed by atoms with Gasteiger partial charge in [0.05, 0.1) is 25.4 Å². The zero-order chi connectivity index (χ0) is 17.9. The van der Waals surface area contributed by atoms with E-state index in [0.717, 1.165) is 49.6 Å². The molecule has 25 heavy (non-hydrogen) atoms. The second-order valence-corrected chi connectivity index (χ2v) is 6.29. The number of benzene rings is 1. The lowest BCUT2D eigenvalue weighted by Gasteiger charge is -2.14. The third-order valence-electron chi connectivity index (χ3n) is 4.05. The number of hydrogen-bond donors (Lipinski definition) is 3. The summed E-state index contributed by atoms with van der Waals surface area (Å²) in [5, 5.41) is 16.8. The van der Waals surface area contributed by atoms with Gasteiger partial charge in [-0.25, -0.2) is 0 Å². The summed E-state index contributed by atoms with van der Waals surface area (Å²) >= 11 is 0. The van der Waals surface area contributed by atoms with Crippen LogP contribution in [0.15, 0.2) is 29.3 Å². The summed E-state index contributed by atoms with van der Waals surface area (Å²) in [5.41, 5.74) is 2.03. The molecule has 1 saturated heterocycles. The van der Waals surface area contributed by atoms with Gasteiger partial charge in [0, 0.05) is 26.3 Å². The molecule has 1 aromatic carbocycles. The summed E-state index contributed by atoms with van der Waals surface area (Å²) in [4.78, 5) is 4.48. The lowest BCUT2D eigenvalue weighted by Crippen LogP contribution is -2.38. The molecule has 140 valence electrons. The SMILES string of the molecule is CCNC(=NCC(O)c1cccc(C)c1)NCCCOC1CCOC1. The molecule has 0 spiro atoms. The van der Waals surface area contributed by atoms with Crippen molar-refractivity contribution in [3.8, 4) is 0 Å². The van der Waals surface area contributed by atoms with Gasteiger partial charge in [-0.2, -0.15) is 0 Å². The van der Waals surface area contributed by atoms with Crippen LogP contribution in [-0.4, -0.2) is 56.6 Å². The summed E-state index contributed by atoms with van der Waals surface area (Å²) in [7, 11) is 0. The van der Waals surface area contributed by atoms with E-state index in [4.69, 9.17) is 9.47 Å². The minimum atomic E-state index is -0.596. The Kier molecular flexibility index (Phi) is 8.72. The fourth-order valence-electron chi connectivity index (χ4n) is 2.68. The highest BCUT2D eigenvalue weighted by atomic mass is 16.5. The number of aliphatic imine (C=N–C) groups is 1. The molecular weight excluding hydrogens is 318 g/mol. The Morgan fingerprint density at radius 1 is 1.44 bits per heavy atom. The van der Waals surface area contributed by atoms with E-state index < -0.39 is 6.10 Å². The van der Waals surface area contributed by atoms with Crippen LogP contribution >= 0.6 is 0 Å². The summed E-state index contributed by atoms with van der Waals surface area (Å²) in [5.74, 6) is 0.721. The van der Waals surface area contributed by atoms with Gasteiger partial charge >= 0.3 is 0 Å². The van der Waals surface area contributed by atoms with Crippen LogP contribution in [0.5, 0.6) is 0 Å². The Hall–Kier alpha value is -1.63. The van der Waals surface area contributed by atoms with Gasteiger partial charge in [-0.05, 0) is 32.3 Å². The molecular formula is C19H31N3O3. The number of ether oxygens (including phenoxy) is 2. The van der Waals surface area contributed by atoms with E-state index in [2.05, 4.69) is 15.6 Å². The maximum Gasteiger partial charge on any atom is 0.191 e. The van der Waals surface area contributed by atoms with Crippen molar-refractivity contribution in [3.05, 3.63) is 35.4 Å². The third-order valence-corrected chi connectivity index (χ3v) is 4.05. The number of hydrogen-bond acceptors (Lipinski definition) is 4. The maximum absolute atomic E-state index is 10.3. The quantitative estimate of drug-likeness (QED) is 0.360. The molecule has 2 unspecified atom stereocenters. The number of aliphatic hydroxyl groups is 1. The second-order valence-electron chi connectivity index (χ2n) is 6.29. The highest BCUT2D eigenvalue weighted by Crippen LogP contribution is 2.14. The monoisotopic (exact) mass is 349 g/mol. The molecule has 3 N–H and O–H groups in total. The first kappa shape index (κ1) is 19.7. The van der Waals surface area contributed by atoms with Gasteiger partial charge in [0.15, 0.2) is 5.96 Å². The molecule has 1 aliphatic rings. The van der Waals surface area contributed by atoms with Gasteiger partial charge in [-0.15, -0.1) is 0 Å². The molecule has 0 radical (unpaired) electrons. The van der Waals surface area contributed by atoms with Crippen molar-refractivity contribution in [1.82, 2.24) is 10.6 Å². The molecule has 0 saturated carbocycles. The van der Waals surface area contributed by atoms with E-state index in [9.17, 15) is 5.11 Å². The minimum absolute atomic E-state index is 0.256. The van der Waals surface area contributed by atoms with E-state index in [1.54, 1.807) is 0 Å². The molecule has 0 bridgehead atoms. The van der Waals surface area contributed by atoms with Gasteiger partial charge in [0.2, 0.25) is 0 Å². The van der Waals surface area contributed by atoms with Crippen LogP contribution in [0, 0.1) is 6.92 Å². The van der Waals surface area contributed by atoms with Gasteiger partial charge in [-0.3, -0.25) is 4.99 Å². The molecule has 1 aromatic rings. The van der Waals surface area contributed by atoms with E-state index in [1.807, 2.05) is 38.1 Å². The topological polar surface area (TPSA) is 75.1 Å². The van der Waals surface area contributed by atoms with Crippen molar-refractivity contribution in [2.45, 2.75) is 38.9 Å². The third kappa shape index (κ3) is 7.42. The average molecular weight is 349 g/mol. The predicted octanol–water partition coefficient (Wildman–Crippen LogP) is 1.78. The van der Waals surface area contributed by atoms with Crippen LogP contribution in [0.4, 0.5) is 0 Å². The zero-order valence-corrected chi connectivity index (χ0v) is 15.3. The van der Waals surface area contributed by atoms with Crippen molar-refractivity contribution >= 4 is 5.96 Å². The van der Waals surface area contributed by atoms with Crippen molar-refractivity contribution in [1.29, 1.82) is 0 Å². The molecule has 6 heteroatoms. The fourth-order valence-corrected chi connectivity index (χ4v) is 2.68.